The fourth-order valence-electron chi connectivity index (χ4n) is 6.79. The second kappa shape index (κ2) is 15.7. The summed E-state index contributed by atoms with van der Waals surface area (Å²) in [5, 5.41) is 0.616. The molecule has 0 unspecified atom stereocenters. The van der Waals surface area contributed by atoms with E-state index in [4.69, 9.17) is 26.3 Å². The van der Waals surface area contributed by atoms with Crippen LogP contribution in [0, 0.1) is 0 Å². The van der Waals surface area contributed by atoms with Gasteiger partial charge in [-0.3, -0.25) is 9.59 Å². The van der Waals surface area contributed by atoms with Crippen LogP contribution in [0.3, 0.4) is 0 Å². The Morgan fingerprint density at radius 1 is 0.610 bits per heavy atom. The number of rotatable bonds is 7. The van der Waals surface area contributed by atoms with Crippen molar-refractivity contribution in [2.45, 2.75) is 0 Å². The van der Waals surface area contributed by atoms with Crippen LogP contribution in [0.15, 0.2) is 138 Å². The van der Waals surface area contributed by atoms with Gasteiger partial charge in [-0.05, 0) is 23.3 Å². The molecule has 2 N–H and O–H groups in total. The molecule has 10 aromatic rings. The average molecular weight is 834 g/mol. The molecule has 290 valence electrons. The van der Waals surface area contributed by atoms with Crippen LogP contribution in [-0.4, -0.2) is 51.1 Å². The summed E-state index contributed by atoms with van der Waals surface area (Å²) in [6, 6.07) is 31.3. The molecular weight excluding hydrogens is 802 g/mol. The van der Waals surface area contributed by atoms with E-state index in [2.05, 4.69) is 24.9 Å². The molecule has 0 aliphatic rings. The number of H-pyrrole nitrogens is 2. The summed E-state index contributed by atoms with van der Waals surface area (Å²) < 4.78 is 9.98. The Morgan fingerprint density at radius 3 is 1.59 bits per heavy atom. The number of benzene rings is 3. The number of fused-ring (bicyclic) bond motifs is 2. The summed E-state index contributed by atoms with van der Waals surface area (Å²) in [4.78, 5) is 56.3. The highest BCUT2D eigenvalue weighted by Gasteiger charge is 2.24. The van der Waals surface area contributed by atoms with Gasteiger partial charge in [0, 0.05) is 88.2 Å². The number of pyridine rings is 1. The van der Waals surface area contributed by atoms with Gasteiger partial charge in [0.15, 0.2) is 23.3 Å². The van der Waals surface area contributed by atoms with E-state index >= 15 is 0 Å². The lowest BCUT2D eigenvalue weighted by Crippen LogP contribution is -2.09. The molecule has 0 saturated carbocycles. The van der Waals surface area contributed by atoms with Crippen molar-refractivity contribution in [1.82, 2.24) is 44.0 Å². The Bertz CT molecular complexity index is 3240. The number of nitrogens with zero attached hydrogens (tertiary/aromatic N) is 7. The Balaban J connectivity index is 0.000000152. The quantitative estimate of drug-likeness (QED) is 0.161. The van der Waals surface area contributed by atoms with Crippen molar-refractivity contribution in [2.75, 3.05) is 7.11 Å². The molecule has 0 radical (unpaired) electrons. The Morgan fingerprint density at radius 2 is 1.12 bits per heavy atom. The fourth-order valence-corrected chi connectivity index (χ4v) is 9.34. The van der Waals surface area contributed by atoms with Crippen molar-refractivity contribution in [3.63, 3.8) is 0 Å². The fraction of sp³-hybridized carbons (Fsp3) is 0.0682. The number of imidazole rings is 2. The number of hydrogen-bond donors (Lipinski definition) is 2. The topological polar surface area (TPSA) is 149 Å². The highest BCUT2D eigenvalue weighted by Crippen LogP contribution is 2.46. The molecule has 15 heteroatoms. The van der Waals surface area contributed by atoms with Crippen molar-refractivity contribution in [1.29, 1.82) is 0 Å². The molecular formula is C44H32ClN9O3S2. The van der Waals surface area contributed by atoms with Crippen LogP contribution in [0.2, 0.25) is 5.02 Å². The smallest absolute Gasteiger partial charge is 0.269 e. The number of aryl methyl sites for hydroxylation is 2. The van der Waals surface area contributed by atoms with Crippen molar-refractivity contribution in [3.8, 4) is 72.3 Å². The lowest BCUT2D eigenvalue weighted by Gasteiger charge is -2.08. The van der Waals surface area contributed by atoms with Gasteiger partial charge in [0.25, 0.3) is 11.1 Å². The van der Waals surface area contributed by atoms with Gasteiger partial charge in [-0.1, -0.05) is 90.5 Å². The summed E-state index contributed by atoms with van der Waals surface area (Å²) in [5.74, 6) is 2.58. The minimum Gasteiger partial charge on any atom is -0.481 e. The van der Waals surface area contributed by atoms with Gasteiger partial charge in [0.2, 0.25) is 5.88 Å². The second-order valence-corrected chi connectivity index (χ2v) is 15.8. The van der Waals surface area contributed by atoms with E-state index in [1.165, 1.54) is 22.7 Å². The third kappa shape index (κ3) is 7.03. The van der Waals surface area contributed by atoms with Crippen LogP contribution < -0.4 is 15.9 Å². The summed E-state index contributed by atoms with van der Waals surface area (Å²) in [6.45, 7) is 0. The molecule has 7 aromatic heterocycles. The van der Waals surface area contributed by atoms with Crippen LogP contribution in [0.25, 0.3) is 86.9 Å². The molecule has 12 nitrogen and oxygen atoms in total. The maximum atomic E-state index is 13.0. The number of hydrogen-bond acceptors (Lipinski definition) is 10. The van der Waals surface area contributed by atoms with Gasteiger partial charge < -0.3 is 23.8 Å². The highest BCUT2D eigenvalue weighted by molar-refractivity contribution is 7.23. The second-order valence-electron chi connectivity index (χ2n) is 13.3. The number of nitrogens with one attached hydrogen (secondary N) is 2. The number of halogens is 1. The third-order valence-electron chi connectivity index (χ3n) is 9.60. The van der Waals surface area contributed by atoms with E-state index in [0.29, 0.717) is 54.6 Å². The molecule has 10 rings (SSSR count). The van der Waals surface area contributed by atoms with Crippen molar-refractivity contribution in [2.24, 2.45) is 14.1 Å². The first-order chi connectivity index (χ1) is 28.8. The first-order valence-corrected chi connectivity index (χ1v) is 20.2. The lowest BCUT2D eigenvalue weighted by atomic mass is 10.0. The van der Waals surface area contributed by atoms with Crippen molar-refractivity contribution >= 4 is 54.7 Å². The van der Waals surface area contributed by atoms with E-state index in [9.17, 15) is 9.59 Å². The van der Waals surface area contributed by atoms with Crippen LogP contribution in [0.4, 0.5) is 0 Å². The van der Waals surface area contributed by atoms with Gasteiger partial charge in [-0.15, -0.1) is 22.7 Å². The normalized spacial score (nSPS) is 11.2. The van der Waals surface area contributed by atoms with Crippen LogP contribution in [0.5, 0.6) is 5.88 Å². The third-order valence-corrected chi connectivity index (χ3v) is 12.4. The molecule has 0 spiro atoms. The number of aromatic amines is 2. The monoisotopic (exact) mass is 833 g/mol. The first kappa shape index (κ1) is 37.6. The molecule has 0 aliphatic carbocycles. The Labute approximate surface area is 349 Å². The molecule has 59 heavy (non-hydrogen) atoms. The van der Waals surface area contributed by atoms with E-state index in [0.717, 1.165) is 43.1 Å². The Hall–Kier alpha value is -7.00. The van der Waals surface area contributed by atoms with E-state index in [-0.39, 0.29) is 11.1 Å². The summed E-state index contributed by atoms with van der Waals surface area (Å²) >= 11 is 9.41. The van der Waals surface area contributed by atoms with E-state index in [1.54, 1.807) is 31.8 Å². The van der Waals surface area contributed by atoms with Gasteiger partial charge >= 0.3 is 0 Å². The van der Waals surface area contributed by atoms with E-state index in [1.807, 2.05) is 127 Å². The predicted octanol–water partition coefficient (Wildman–Crippen LogP) is 9.50. The maximum absolute atomic E-state index is 13.0. The van der Waals surface area contributed by atoms with Gasteiger partial charge in [-0.25, -0.2) is 24.9 Å². The zero-order chi connectivity index (χ0) is 40.6. The molecule has 0 atom stereocenters. The molecule has 7 heterocycles. The molecule has 0 aliphatic heterocycles. The zero-order valence-corrected chi connectivity index (χ0v) is 34.1. The van der Waals surface area contributed by atoms with Crippen LogP contribution in [0.1, 0.15) is 0 Å². The summed E-state index contributed by atoms with van der Waals surface area (Å²) in [6.07, 6.45) is 8.73. The number of aromatic nitrogens is 9. The molecule has 0 fully saturated rings. The average Bonchev–Trinajstić information content (AvgIpc) is 4.07. The maximum Gasteiger partial charge on any atom is 0.269 e. The number of ether oxygens (including phenoxy) is 1. The van der Waals surface area contributed by atoms with Crippen molar-refractivity contribution < 1.29 is 4.74 Å². The largest absolute Gasteiger partial charge is 0.481 e. The minimum atomic E-state index is -0.187. The summed E-state index contributed by atoms with van der Waals surface area (Å²) in [7, 11) is 5.31. The van der Waals surface area contributed by atoms with Gasteiger partial charge in [-0.2, -0.15) is 0 Å². The number of thiophene rings is 2. The zero-order valence-electron chi connectivity index (χ0n) is 31.7. The van der Waals surface area contributed by atoms with Crippen LogP contribution >= 0.6 is 34.3 Å². The molecule has 3 aromatic carbocycles. The molecule has 0 bridgehead atoms. The minimum absolute atomic E-state index is 0.187. The lowest BCUT2D eigenvalue weighted by molar-refractivity contribution is 0.398. The van der Waals surface area contributed by atoms with Crippen LogP contribution in [-0.2, 0) is 14.1 Å². The number of methoxy groups -OCH3 is 1. The molecule has 0 amide bonds. The van der Waals surface area contributed by atoms with Crippen molar-refractivity contribution in [3.05, 3.63) is 154 Å². The van der Waals surface area contributed by atoms with E-state index < -0.39 is 0 Å². The van der Waals surface area contributed by atoms with Gasteiger partial charge in [0.1, 0.15) is 9.40 Å². The Kier molecular flexibility index (Phi) is 10.0. The first-order valence-electron chi connectivity index (χ1n) is 18.2. The highest BCUT2D eigenvalue weighted by atomic mass is 35.5. The predicted molar refractivity (Wildman–Crippen MR) is 236 cm³/mol. The van der Waals surface area contributed by atoms with Gasteiger partial charge in [0.05, 0.1) is 18.1 Å². The standard InChI is InChI=1S/C22H15ClN4OS.C22H17N5O2S/c1-27-12-11-24-21(27)20-25-17-16(14-9-5-6-10-15(14)23)18(13-7-3-2-4-8-13)29-19(17)22(28)26-20;1-27-11-10-23-21(27)20-25-17-16(14-8-9-15(29-2)24-12-14)18(13-6-4-3-5-7-13)30-19(17)22(28)26-20/h2-12H,1H3,(H,25,26,28);3-12H,1-2H3,(H,25,26,28). The SMILES string of the molecule is COc1ccc(-c2c(-c3ccccc3)sc3c(=O)[nH]c(-c4nccn4C)nc23)cn1.Cn1ccnc1-c1nc2c(-c3ccccc3Cl)c(-c3ccccc3)sc2c(=O)[nH]1. The summed E-state index contributed by atoms with van der Waals surface area (Å²) in [5.41, 5.74) is 6.37. The molecule has 0 saturated heterocycles.